The number of anilines is 2. The third kappa shape index (κ3) is 5.82. The van der Waals surface area contributed by atoms with Crippen LogP contribution in [-0.2, 0) is 15.7 Å². The number of piperazine rings is 1. The van der Waals surface area contributed by atoms with Crippen molar-refractivity contribution in [2.75, 3.05) is 43.2 Å². The van der Waals surface area contributed by atoms with E-state index in [-0.39, 0.29) is 62.4 Å². The summed E-state index contributed by atoms with van der Waals surface area (Å²) in [6, 6.07) is -0.162. The molecule has 3 atom stereocenters. The number of carbonyl (C=O) groups excluding carboxylic acids is 1. The minimum atomic E-state index is -5.02. The molecule has 0 aliphatic carbocycles. The SMILES string of the molecule is COC[C@H]1CSc2c(-c3c(F)cc(F)c4sc(N)nc34)c(C(F)(F)F)cc3c(N4C[C@@H](C)N(C(=O)OC(C)(C)C)[C@@H](C)C4)nc(=O)n1c23. The summed E-state index contributed by atoms with van der Waals surface area (Å²) in [6.45, 7) is 9.11. The van der Waals surface area contributed by atoms with E-state index in [1.807, 2.05) is 0 Å². The van der Waals surface area contributed by atoms with Gasteiger partial charge < -0.3 is 20.1 Å². The van der Waals surface area contributed by atoms with Gasteiger partial charge in [0.1, 0.15) is 23.1 Å². The van der Waals surface area contributed by atoms with Crippen LogP contribution in [0.25, 0.3) is 32.2 Å². The maximum absolute atomic E-state index is 15.8. The number of halogens is 5. The number of hydrogen-bond donors (Lipinski definition) is 1. The molecule has 17 heteroatoms. The summed E-state index contributed by atoms with van der Waals surface area (Å²) in [5, 5.41) is -0.139. The van der Waals surface area contributed by atoms with Crippen molar-refractivity contribution in [2.45, 2.75) is 69.4 Å². The van der Waals surface area contributed by atoms with Gasteiger partial charge in [-0.05, 0) is 40.7 Å². The molecule has 4 aromatic rings. The second kappa shape index (κ2) is 12.0. The van der Waals surface area contributed by atoms with E-state index in [2.05, 4.69) is 9.97 Å². The van der Waals surface area contributed by atoms with Crippen LogP contribution in [0, 0.1) is 11.6 Å². The number of fused-ring (bicyclic) bond motifs is 1. The number of thiazole rings is 1. The van der Waals surface area contributed by atoms with Crippen LogP contribution in [0.15, 0.2) is 21.8 Å². The van der Waals surface area contributed by atoms with Crippen molar-refractivity contribution in [2.24, 2.45) is 0 Å². The molecule has 1 amide bonds. The lowest BCUT2D eigenvalue weighted by molar-refractivity contribution is -0.137. The second-order valence-electron chi connectivity index (χ2n) is 13.0. The third-order valence-electron chi connectivity index (χ3n) is 8.26. The normalized spacial score (nSPS) is 20.2. The largest absolute Gasteiger partial charge is 0.444 e. The van der Waals surface area contributed by atoms with Crippen LogP contribution in [0.5, 0.6) is 0 Å². The molecule has 0 bridgehead atoms. The third-order valence-corrected chi connectivity index (χ3v) is 10.4. The molecule has 10 nitrogen and oxygen atoms in total. The van der Waals surface area contributed by atoms with E-state index < -0.39 is 70.0 Å². The van der Waals surface area contributed by atoms with Crippen LogP contribution in [0.1, 0.15) is 46.2 Å². The predicted molar refractivity (Wildman–Crippen MR) is 175 cm³/mol. The monoisotopic (exact) mass is 712 g/mol. The maximum Gasteiger partial charge on any atom is 0.417 e. The lowest BCUT2D eigenvalue weighted by Gasteiger charge is -2.45. The zero-order chi connectivity index (χ0) is 35.0. The molecule has 0 unspecified atom stereocenters. The summed E-state index contributed by atoms with van der Waals surface area (Å²) in [6.07, 6.45) is -5.56. The van der Waals surface area contributed by atoms with Gasteiger partial charge in [-0.2, -0.15) is 18.2 Å². The van der Waals surface area contributed by atoms with E-state index in [4.69, 9.17) is 15.2 Å². The molecule has 0 spiro atoms. The Morgan fingerprint density at radius 1 is 1.06 bits per heavy atom. The number of nitrogens with zero attached hydrogens (tertiary/aromatic N) is 5. The van der Waals surface area contributed by atoms with E-state index in [0.29, 0.717) is 17.4 Å². The first kappa shape index (κ1) is 34.2. The lowest BCUT2D eigenvalue weighted by Crippen LogP contribution is -2.60. The predicted octanol–water partition coefficient (Wildman–Crippen LogP) is 6.68. The number of alkyl halides is 3. The van der Waals surface area contributed by atoms with E-state index in [1.165, 1.54) is 11.7 Å². The number of aromatic nitrogens is 3. The number of hydrogen-bond acceptors (Lipinski definition) is 10. The molecular weight excluding hydrogens is 680 g/mol. The first-order valence-corrected chi connectivity index (χ1v) is 16.8. The molecule has 48 heavy (non-hydrogen) atoms. The Hall–Kier alpha value is -3.70. The number of ether oxygens (including phenoxy) is 2. The highest BCUT2D eigenvalue weighted by atomic mass is 32.2. The van der Waals surface area contributed by atoms with Crippen molar-refractivity contribution in [3.8, 4) is 11.1 Å². The van der Waals surface area contributed by atoms with Crippen molar-refractivity contribution < 1.29 is 36.2 Å². The molecule has 1 saturated heterocycles. The average molecular weight is 713 g/mol. The standard InChI is InChI=1S/C31H33F5N6O4S2/c1-13-9-40(10-14(2)41(13)29(44)46-30(3,4)5)26-16-7-17(31(34,35)36)20(21-18(32)8-19(33)24-22(21)38-27(37)48-24)25-23(16)42(28(43)39-26)15(11-45-6)12-47-25/h7-8,13-15H,9-12H2,1-6H3,(H2,37,38)/t13-,14+,15-/m0/s1. The highest BCUT2D eigenvalue weighted by Gasteiger charge is 2.42. The Morgan fingerprint density at radius 2 is 1.73 bits per heavy atom. The smallest absolute Gasteiger partial charge is 0.417 e. The zero-order valence-corrected chi connectivity index (χ0v) is 28.5. The minimum absolute atomic E-state index is 0.00613. The first-order chi connectivity index (χ1) is 22.4. The van der Waals surface area contributed by atoms with Gasteiger partial charge in [-0.15, -0.1) is 11.8 Å². The number of methoxy groups -OCH3 is 1. The second-order valence-corrected chi connectivity index (χ2v) is 15.0. The first-order valence-electron chi connectivity index (χ1n) is 15.0. The lowest BCUT2D eigenvalue weighted by atomic mass is 9.94. The Labute approximate surface area is 280 Å². The van der Waals surface area contributed by atoms with Gasteiger partial charge in [-0.1, -0.05) is 11.3 Å². The van der Waals surface area contributed by atoms with Crippen molar-refractivity contribution in [3.63, 3.8) is 0 Å². The summed E-state index contributed by atoms with van der Waals surface area (Å²) in [5.41, 5.74) is 1.77. The highest BCUT2D eigenvalue weighted by molar-refractivity contribution is 7.99. The average Bonchev–Trinajstić information content (AvgIpc) is 3.35. The quantitative estimate of drug-likeness (QED) is 0.232. The number of thioether (sulfide) groups is 1. The van der Waals surface area contributed by atoms with Gasteiger partial charge in [-0.25, -0.2) is 23.4 Å². The summed E-state index contributed by atoms with van der Waals surface area (Å²) in [4.78, 5) is 38.5. The Balaban J connectivity index is 1.63. The van der Waals surface area contributed by atoms with Crippen LogP contribution >= 0.6 is 23.1 Å². The van der Waals surface area contributed by atoms with Crippen molar-refractivity contribution >= 4 is 61.3 Å². The van der Waals surface area contributed by atoms with E-state index >= 15 is 17.6 Å². The number of carbonyl (C=O) groups is 1. The van der Waals surface area contributed by atoms with Crippen LogP contribution in [0.4, 0.5) is 37.7 Å². The van der Waals surface area contributed by atoms with Gasteiger partial charge in [0.25, 0.3) is 0 Å². The Morgan fingerprint density at radius 3 is 2.33 bits per heavy atom. The van der Waals surface area contributed by atoms with Gasteiger partial charge in [0.15, 0.2) is 5.13 Å². The van der Waals surface area contributed by atoms with E-state index in [0.717, 1.165) is 17.8 Å². The van der Waals surface area contributed by atoms with Crippen molar-refractivity contribution in [3.05, 3.63) is 39.8 Å². The highest BCUT2D eigenvalue weighted by Crippen LogP contribution is 2.52. The molecule has 1 fully saturated rings. The molecule has 2 aromatic carbocycles. The summed E-state index contributed by atoms with van der Waals surface area (Å²) >= 11 is 1.70. The maximum atomic E-state index is 15.8. The number of nitrogens with two attached hydrogens (primary N) is 1. The molecule has 2 aliphatic rings. The van der Waals surface area contributed by atoms with Gasteiger partial charge in [0.05, 0.1) is 46.0 Å². The van der Waals surface area contributed by atoms with E-state index in [1.54, 1.807) is 44.4 Å². The van der Waals surface area contributed by atoms with Gasteiger partial charge in [0.2, 0.25) is 0 Å². The van der Waals surface area contributed by atoms with Gasteiger partial charge >= 0.3 is 18.0 Å². The summed E-state index contributed by atoms with van der Waals surface area (Å²) in [7, 11) is 1.44. The zero-order valence-electron chi connectivity index (χ0n) is 26.9. The molecule has 258 valence electrons. The van der Waals surface area contributed by atoms with Crippen LogP contribution in [0.2, 0.25) is 0 Å². The van der Waals surface area contributed by atoms with Crippen LogP contribution < -0.4 is 16.3 Å². The van der Waals surface area contributed by atoms with Crippen LogP contribution in [-0.4, -0.2) is 75.8 Å². The van der Waals surface area contributed by atoms with Crippen molar-refractivity contribution in [1.29, 1.82) is 0 Å². The number of rotatable bonds is 4. The molecule has 6 rings (SSSR count). The summed E-state index contributed by atoms with van der Waals surface area (Å²) < 4.78 is 88.0. The topological polar surface area (TPSA) is 116 Å². The fraction of sp³-hybridized carbons (Fsp3) is 0.484. The number of nitrogen functional groups attached to an aromatic ring is 1. The fourth-order valence-electron chi connectivity index (χ4n) is 6.56. The number of benzene rings is 2. The van der Waals surface area contributed by atoms with Crippen molar-refractivity contribution in [1.82, 2.24) is 19.4 Å². The Kier molecular flexibility index (Phi) is 8.55. The number of amides is 1. The van der Waals surface area contributed by atoms with Gasteiger partial charge in [0, 0.05) is 53.4 Å². The Bertz CT molecular complexity index is 2000. The molecule has 0 saturated carbocycles. The molecule has 2 aromatic heterocycles. The molecule has 2 N–H and O–H groups in total. The van der Waals surface area contributed by atoms with Crippen LogP contribution in [0.3, 0.4) is 0 Å². The molecule has 4 heterocycles. The molecule has 2 aliphatic heterocycles. The molecular formula is C31H33F5N6O4S2. The molecule has 0 radical (unpaired) electrons. The summed E-state index contributed by atoms with van der Waals surface area (Å²) in [5.74, 6) is -2.16. The van der Waals surface area contributed by atoms with Gasteiger partial charge in [-0.3, -0.25) is 9.47 Å². The fourth-order valence-corrected chi connectivity index (χ4v) is 8.61. The van der Waals surface area contributed by atoms with E-state index in [9.17, 15) is 14.0 Å². The minimum Gasteiger partial charge on any atom is -0.444 e.